The number of fused-ring (bicyclic) bond motifs is 2. The molecule has 1 aromatic heterocycles. The van der Waals surface area contributed by atoms with Gasteiger partial charge in [-0.3, -0.25) is 24.1 Å². The summed E-state index contributed by atoms with van der Waals surface area (Å²) in [7, 11) is 3.99. The van der Waals surface area contributed by atoms with Crippen LogP contribution in [0.15, 0.2) is 72.9 Å². The predicted octanol–water partition coefficient (Wildman–Crippen LogP) is 8.39. The molecule has 4 atom stereocenters. The summed E-state index contributed by atoms with van der Waals surface area (Å²) in [4.78, 5) is 66.1. The van der Waals surface area contributed by atoms with Gasteiger partial charge in [-0.05, 0) is 108 Å². The number of aliphatic hydroxyl groups excluding tert-OH is 1. The molecule has 3 heterocycles. The highest BCUT2D eigenvalue weighted by Crippen LogP contribution is 2.36. The average molecular weight is 942 g/mol. The van der Waals surface area contributed by atoms with Gasteiger partial charge in [0.15, 0.2) is 5.78 Å². The normalized spacial score (nSPS) is 21.7. The van der Waals surface area contributed by atoms with Gasteiger partial charge in [0, 0.05) is 59.7 Å². The summed E-state index contributed by atoms with van der Waals surface area (Å²) in [5, 5.41) is 14.3. The fourth-order valence-corrected chi connectivity index (χ4v) is 8.71. The number of piperidine rings is 1. The molecule has 65 heavy (non-hydrogen) atoms. The van der Waals surface area contributed by atoms with E-state index in [1.807, 2.05) is 37.0 Å². The minimum Gasteiger partial charge on any atom is -0.457 e. The maximum absolute atomic E-state index is 14.5. The summed E-state index contributed by atoms with van der Waals surface area (Å²) >= 11 is 12.6. The third-order valence-corrected chi connectivity index (χ3v) is 13.1. The van der Waals surface area contributed by atoms with Crippen molar-refractivity contribution in [2.45, 2.75) is 103 Å². The van der Waals surface area contributed by atoms with Crippen molar-refractivity contribution in [3.8, 4) is 22.8 Å². The van der Waals surface area contributed by atoms with E-state index in [1.165, 1.54) is 17.9 Å². The van der Waals surface area contributed by atoms with Gasteiger partial charge in [-0.25, -0.2) is 4.98 Å². The van der Waals surface area contributed by atoms with Crippen LogP contribution in [0, 0.1) is 11.8 Å². The smallest absolute Gasteiger partial charge is 0.389 e. The van der Waals surface area contributed by atoms with Crippen molar-refractivity contribution in [3.63, 3.8) is 0 Å². The van der Waals surface area contributed by atoms with Crippen molar-refractivity contribution in [2.24, 2.45) is 18.9 Å². The van der Waals surface area contributed by atoms with Gasteiger partial charge >= 0.3 is 6.18 Å². The number of nitrogens with one attached hydrogen (secondary N) is 1. The van der Waals surface area contributed by atoms with Crippen LogP contribution in [0.2, 0.25) is 10.0 Å². The Labute approximate surface area is 388 Å². The van der Waals surface area contributed by atoms with E-state index in [0.717, 1.165) is 27.5 Å². The largest absolute Gasteiger partial charge is 0.457 e. The molecule has 4 aromatic rings. The van der Waals surface area contributed by atoms with E-state index in [1.54, 1.807) is 48.5 Å². The first-order valence-corrected chi connectivity index (χ1v) is 22.4. The van der Waals surface area contributed by atoms with Crippen LogP contribution in [0.25, 0.3) is 11.3 Å². The standard InChI is InChI=1S/C48H57Cl2F3N6O6/c1-30-40(61)20-35(28-60)44(63)55-47(23-31-8-13-36(49)14-9-31)18-7-19-58(29-47)45(64)34(24-48(51,52)53)21-43(62)59(30)26-33-10-15-37(50)22-41(33)65-38-16-11-32(12-17-38)39-25-54-42(57(39)6)27-56(5)46(2,3)4/h8-17,22,25,30,34-35,60H,7,18-21,23-24,26-29H2,1-6H3,(H,55,63)/t30-,34-,35-,47+/m0/s1. The number of hydrogen-bond acceptors (Lipinski definition) is 8. The highest BCUT2D eigenvalue weighted by atomic mass is 35.5. The average Bonchev–Trinajstić information content (AvgIpc) is 3.60. The Hall–Kier alpha value is -4.96. The van der Waals surface area contributed by atoms with Crippen LogP contribution in [-0.4, -0.2) is 103 Å². The van der Waals surface area contributed by atoms with E-state index in [9.17, 15) is 37.5 Å². The quantitative estimate of drug-likeness (QED) is 0.153. The van der Waals surface area contributed by atoms with Crippen molar-refractivity contribution in [3.05, 3.63) is 99.9 Å². The molecule has 2 N–H and O–H groups in total. The van der Waals surface area contributed by atoms with Crippen LogP contribution in [0.1, 0.15) is 76.8 Å². The number of amides is 3. The van der Waals surface area contributed by atoms with Crippen LogP contribution in [0.5, 0.6) is 11.5 Å². The lowest BCUT2D eigenvalue weighted by Crippen LogP contribution is -2.63. The lowest BCUT2D eigenvalue weighted by Gasteiger charge is -2.45. The molecule has 0 radical (unpaired) electrons. The second-order valence-corrected chi connectivity index (χ2v) is 19.3. The molecule has 12 nitrogen and oxygen atoms in total. The molecular weight excluding hydrogens is 884 g/mol. The number of carbonyl (C=O) groups excluding carboxylic acids is 4. The molecule has 0 aliphatic carbocycles. The predicted molar refractivity (Wildman–Crippen MR) is 242 cm³/mol. The number of carbonyl (C=O) groups is 4. The number of nitrogens with zero attached hydrogens (tertiary/aromatic N) is 5. The number of halogens is 5. The Morgan fingerprint density at radius 1 is 0.954 bits per heavy atom. The van der Waals surface area contributed by atoms with E-state index < -0.39 is 79.0 Å². The van der Waals surface area contributed by atoms with Crippen molar-refractivity contribution >= 4 is 46.7 Å². The summed E-state index contributed by atoms with van der Waals surface area (Å²) < 4.78 is 51.3. The maximum Gasteiger partial charge on any atom is 0.389 e. The Balaban J connectivity index is 1.30. The topological polar surface area (TPSA) is 137 Å². The Kier molecular flexibility index (Phi) is 15.4. The van der Waals surface area contributed by atoms with Gasteiger partial charge in [0.2, 0.25) is 17.7 Å². The SMILES string of the molecule is C[C@H]1C(=O)C[C@@H](CO)C(=O)N[C@@]2(Cc3ccc(Cl)cc3)CCCN(C2)C(=O)[C@H](CC(F)(F)F)CC(=O)N1Cc1ccc(Cl)cc1Oc1ccc(-c2cnc(CN(C)C(C)(C)C)n2C)cc1. The van der Waals surface area contributed by atoms with E-state index in [-0.39, 0.29) is 37.3 Å². The van der Waals surface area contributed by atoms with Gasteiger partial charge in [-0.15, -0.1) is 0 Å². The minimum absolute atomic E-state index is 0.0503. The molecule has 2 bridgehead atoms. The lowest BCUT2D eigenvalue weighted by molar-refractivity contribution is -0.164. The van der Waals surface area contributed by atoms with Gasteiger partial charge in [-0.1, -0.05) is 41.4 Å². The van der Waals surface area contributed by atoms with E-state index in [0.29, 0.717) is 40.7 Å². The Morgan fingerprint density at radius 3 is 2.28 bits per heavy atom. The molecular formula is C48H57Cl2F3N6O6. The number of ether oxygens (including phenoxy) is 1. The highest BCUT2D eigenvalue weighted by Gasteiger charge is 2.45. The molecule has 0 spiro atoms. The molecule has 17 heteroatoms. The third-order valence-electron chi connectivity index (χ3n) is 12.6. The zero-order chi connectivity index (χ0) is 47.4. The van der Waals surface area contributed by atoms with E-state index in [2.05, 4.69) is 36.0 Å². The van der Waals surface area contributed by atoms with Crippen molar-refractivity contribution in [1.29, 1.82) is 0 Å². The highest BCUT2D eigenvalue weighted by molar-refractivity contribution is 6.31. The summed E-state index contributed by atoms with van der Waals surface area (Å²) in [5.41, 5.74) is 1.67. The first-order chi connectivity index (χ1) is 30.5. The number of alkyl halides is 3. The van der Waals surface area contributed by atoms with Gasteiger partial charge in [0.25, 0.3) is 0 Å². The fraction of sp³-hybridized carbons (Fsp3) is 0.479. The second-order valence-electron chi connectivity index (χ2n) is 18.4. The van der Waals surface area contributed by atoms with Crippen LogP contribution in [-0.2, 0) is 45.7 Å². The summed E-state index contributed by atoms with van der Waals surface area (Å²) in [6, 6.07) is 17.5. The second kappa shape index (κ2) is 20.3. The monoisotopic (exact) mass is 940 g/mol. The molecule has 2 saturated heterocycles. The van der Waals surface area contributed by atoms with Gasteiger partial charge in [0.05, 0.1) is 61.4 Å². The number of aliphatic hydroxyl groups is 1. The van der Waals surface area contributed by atoms with Crippen LogP contribution in [0.4, 0.5) is 13.2 Å². The molecule has 3 aromatic carbocycles. The molecule has 0 saturated carbocycles. The first kappa shape index (κ1) is 49.5. The lowest BCUT2D eigenvalue weighted by atomic mass is 9.81. The Bertz CT molecular complexity index is 2350. The third kappa shape index (κ3) is 12.5. The van der Waals surface area contributed by atoms with E-state index in [4.69, 9.17) is 27.9 Å². The maximum atomic E-state index is 14.5. The number of imidazole rings is 1. The molecule has 0 unspecified atom stereocenters. The number of ketones is 1. The van der Waals surface area contributed by atoms with Crippen molar-refractivity contribution in [2.75, 3.05) is 26.7 Å². The number of rotatable bonds is 11. The molecule has 2 aliphatic heterocycles. The number of Topliss-reactive ketones (excluding diaryl/α,β-unsaturated/α-hetero) is 1. The summed E-state index contributed by atoms with van der Waals surface area (Å²) in [6.07, 6.45) is -5.02. The molecule has 350 valence electrons. The van der Waals surface area contributed by atoms with Crippen molar-refractivity contribution in [1.82, 2.24) is 29.6 Å². The van der Waals surface area contributed by atoms with Crippen molar-refractivity contribution < 1.29 is 42.2 Å². The first-order valence-electron chi connectivity index (χ1n) is 21.7. The molecule has 3 amide bonds. The van der Waals surface area contributed by atoms with Crippen LogP contribution >= 0.6 is 23.2 Å². The zero-order valence-electron chi connectivity index (χ0n) is 37.6. The number of benzene rings is 3. The van der Waals surface area contributed by atoms with Gasteiger partial charge in [-0.2, -0.15) is 13.2 Å². The minimum atomic E-state index is -4.81. The fourth-order valence-electron chi connectivity index (χ4n) is 8.42. The summed E-state index contributed by atoms with van der Waals surface area (Å²) in [6.45, 7) is 7.38. The molecule has 6 rings (SSSR count). The van der Waals surface area contributed by atoms with Gasteiger partial charge in [0.1, 0.15) is 17.3 Å². The number of aromatic nitrogens is 2. The van der Waals surface area contributed by atoms with E-state index >= 15 is 0 Å². The molecule has 2 aliphatic rings. The van der Waals surface area contributed by atoms with Gasteiger partial charge < -0.3 is 29.5 Å². The number of hydrogen-bond donors (Lipinski definition) is 2. The summed E-state index contributed by atoms with van der Waals surface area (Å²) in [5.74, 6) is -4.58. The zero-order valence-corrected chi connectivity index (χ0v) is 39.1. The van der Waals surface area contributed by atoms with Crippen LogP contribution in [0.3, 0.4) is 0 Å². The Morgan fingerprint density at radius 2 is 1.63 bits per heavy atom. The van der Waals surface area contributed by atoms with Crippen LogP contribution < -0.4 is 10.1 Å². The molecule has 2 fully saturated rings.